The summed E-state index contributed by atoms with van der Waals surface area (Å²) in [6.07, 6.45) is -3.04. The van der Waals surface area contributed by atoms with Crippen LogP contribution in [0.3, 0.4) is 0 Å². The fraction of sp³-hybridized carbons (Fsp3) is 0.409. The molecule has 3 heterocycles. The Balaban J connectivity index is 1.66. The molecule has 1 aliphatic rings. The van der Waals surface area contributed by atoms with Crippen LogP contribution in [0.25, 0.3) is 10.8 Å². The van der Waals surface area contributed by atoms with E-state index in [1.54, 1.807) is 13.1 Å². The molecule has 1 fully saturated rings. The Bertz CT molecular complexity index is 1140. The summed E-state index contributed by atoms with van der Waals surface area (Å²) < 4.78 is 53.9. The van der Waals surface area contributed by atoms with Crippen LogP contribution < -0.4 is 10.2 Å². The highest BCUT2D eigenvalue weighted by Crippen LogP contribution is 2.35. The number of anilines is 2. The minimum absolute atomic E-state index is 0.0961. The van der Waals surface area contributed by atoms with Gasteiger partial charge in [0, 0.05) is 41.7 Å². The molecule has 0 spiro atoms. The number of alkyl halides is 3. The third-order valence-corrected chi connectivity index (χ3v) is 5.90. The van der Waals surface area contributed by atoms with E-state index in [1.165, 1.54) is 12.1 Å². The quantitative estimate of drug-likeness (QED) is 0.584. The van der Waals surface area contributed by atoms with Crippen LogP contribution in [0.1, 0.15) is 29.8 Å². The van der Waals surface area contributed by atoms with Crippen LogP contribution in [0.15, 0.2) is 30.5 Å². The van der Waals surface area contributed by atoms with Crippen molar-refractivity contribution in [1.29, 1.82) is 0 Å². The standard InChI is InChI=1S/C22H24F4N6/c1-12(15-6-5-7-18(20(15)23)22(24,25)26)28-21-16-8-19(32-10-14(11-32)31(3)4)27-9-17(16)13(2)29-30-21/h5-9,12,14H,10-11H2,1-4H3,(H,28,30)/t12-/m1/s1. The Morgan fingerprint density at radius 3 is 2.53 bits per heavy atom. The first-order chi connectivity index (χ1) is 15.1. The van der Waals surface area contributed by atoms with Gasteiger partial charge >= 0.3 is 6.18 Å². The average Bonchev–Trinajstić information content (AvgIpc) is 2.68. The minimum Gasteiger partial charge on any atom is -0.361 e. The van der Waals surface area contributed by atoms with Gasteiger partial charge in [0.15, 0.2) is 5.82 Å². The summed E-state index contributed by atoms with van der Waals surface area (Å²) in [7, 11) is 4.07. The summed E-state index contributed by atoms with van der Waals surface area (Å²) in [5, 5.41) is 12.9. The molecule has 2 aromatic heterocycles. The summed E-state index contributed by atoms with van der Waals surface area (Å²) in [6.45, 7) is 5.09. The number of nitrogens with one attached hydrogen (secondary N) is 1. The molecule has 1 atom stereocenters. The van der Waals surface area contributed by atoms with Gasteiger partial charge in [-0.1, -0.05) is 12.1 Å². The van der Waals surface area contributed by atoms with Gasteiger partial charge in [-0.2, -0.15) is 18.3 Å². The molecule has 0 amide bonds. The molecule has 0 unspecified atom stereocenters. The van der Waals surface area contributed by atoms with Gasteiger partial charge in [0.25, 0.3) is 0 Å². The first-order valence-corrected chi connectivity index (χ1v) is 10.2. The number of nitrogens with zero attached hydrogens (tertiary/aromatic N) is 5. The number of halogens is 4. The maximum atomic E-state index is 14.6. The molecule has 4 rings (SSSR count). The number of pyridine rings is 1. The number of hydrogen-bond acceptors (Lipinski definition) is 6. The smallest absolute Gasteiger partial charge is 0.361 e. The Kier molecular flexibility index (Phi) is 5.66. The van der Waals surface area contributed by atoms with Crippen molar-refractivity contribution >= 4 is 22.4 Å². The summed E-state index contributed by atoms with van der Waals surface area (Å²) in [5.41, 5.74) is -0.707. The topological polar surface area (TPSA) is 57.2 Å². The molecule has 170 valence electrons. The van der Waals surface area contributed by atoms with E-state index >= 15 is 0 Å². The Hall–Kier alpha value is -3.01. The van der Waals surface area contributed by atoms with Crippen molar-refractivity contribution < 1.29 is 17.6 Å². The number of rotatable bonds is 5. The highest BCUT2D eigenvalue weighted by molar-refractivity contribution is 5.94. The second kappa shape index (κ2) is 8.16. The van der Waals surface area contributed by atoms with Crippen molar-refractivity contribution in [3.05, 3.63) is 53.1 Å². The predicted octanol–water partition coefficient (Wildman–Crippen LogP) is 4.41. The predicted molar refractivity (Wildman–Crippen MR) is 115 cm³/mol. The van der Waals surface area contributed by atoms with E-state index in [2.05, 4.69) is 30.3 Å². The first-order valence-electron chi connectivity index (χ1n) is 10.2. The monoisotopic (exact) mass is 448 g/mol. The van der Waals surface area contributed by atoms with Crippen molar-refractivity contribution in [3.8, 4) is 0 Å². The molecule has 0 bridgehead atoms. The minimum atomic E-state index is -4.77. The lowest BCUT2D eigenvalue weighted by atomic mass is 10.0. The van der Waals surface area contributed by atoms with Crippen LogP contribution in [0.4, 0.5) is 29.2 Å². The fourth-order valence-corrected chi connectivity index (χ4v) is 3.80. The van der Waals surface area contributed by atoms with Gasteiger partial charge in [0.1, 0.15) is 11.6 Å². The van der Waals surface area contributed by atoms with Crippen molar-refractivity contribution in [2.75, 3.05) is 37.4 Å². The molecule has 1 aromatic carbocycles. The van der Waals surface area contributed by atoms with Gasteiger partial charge < -0.3 is 15.1 Å². The Labute approximate surface area is 183 Å². The molecule has 0 aliphatic carbocycles. The van der Waals surface area contributed by atoms with Crippen LogP contribution in [0, 0.1) is 12.7 Å². The number of hydrogen-bond donors (Lipinski definition) is 1. The van der Waals surface area contributed by atoms with E-state index in [0.29, 0.717) is 17.6 Å². The van der Waals surface area contributed by atoms with Crippen LogP contribution in [-0.4, -0.2) is 53.3 Å². The SMILES string of the molecule is Cc1nnc(N[C@H](C)c2cccc(C(F)(F)F)c2F)c2cc(N3CC(N(C)C)C3)ncc12. The lowest BCUT2D eigenvalue weighted by Crippen LogP contribution is -2.57. The van der Waals surface area contributed by atoms with Gasteiger partial charge in [0.05, 0.1) is 17.3 Å². The van der Waals surface area contributed by atoms with E-state index in [-0.39, 0.29) is 5.56 Å². The molecule has 0 saturated carbocycles. The summed E-state index contributed by atoms with van der Waals surface area (Å²) in [6, 6.07) is 4.84. The van der Waals surface area contributed by atoms with Crippen LogP contribution in [0.5, 0.6) is 0 Å². The van der Waals surface area contributed by atoms with Crippen molar-refractivity contribution in [3.63, 3.8) is 0 Å². The molecule has 10 heteroatoms. The zero-order valence-electron chi connectivity index (χ0n) is 18.2. The van der Waals surface area contributed by atoms with Crippen LogP contribution in [-0.2, 0) is 6.18 Å². The molecule has 6 nitrogen and oxygen atoms in total. The van der Waals surface area contributed by atoms with Crippen LogP contribution >= 0.6 is 0 Å². The summed E-state index contributed by atoms with van der Waals surface area (Å²) >= 11 is 0. The maximum Gasteiger partial charge on any atom is 0.419 e. The van der Waals surface area contributed by atoms with E-state index < -0.39 is 23.6 Å². The third kappa shape index (κ3) is 4.06. The number of benzene rings is 1. The molecule has 1 N–H and O–H groups in total. The molecule has 32 heavy (non-hydrogen) atoms. The summed E-state index contributed by atoms with van der Waals surface area (Å²) in [5.74, 6) is -0.144. The molecular formula is C22H24F4N6. The number of fused-ring (bicyclic) bond motifs is 1. The lowest BCUT2D eigenvalue weighted by molar-refractivity contribution is -0.140. The number of aryl methyl sites for hydroxylation is 1. The Morgan fingerprint density at radius 2 is 1.88 bits per heavy atom. The van der Waals surface area contributed by atoms with Crippen molar-refractivity contribution in [2.24, 2.45) is 0 Å². The van der Waals surface area contributed by atoms with Crippen LogP contribution in [0.2, 0.25) is 0 Å². The molecule has 0 radical (unpaired) electrons. The van der Waals surface area contributed by atoms with Crippen molar-refractivity contribution in [2.45, 2.75) is 32.1 Å². The molecule has 1 aliphatic heterocycles. The van der Waals surface area contributed by atoms with Gasteiger partial charge in [-0.05, 0) is 40.1 Å². The van der Waals surface area contributed by atoms with Crippen molar-refractivity contribution in [1.82, 2.24) is 20.1 Å². The fourth-order valence-electron chi connectivity index (χ4n) is 3.80. The van der Waals surface area contributed by atoms with E-state index in [1.807, 2.05) is 27.1 Å². The van der Waals surface area contributed by atoms with E-state index in [0.717, 1.165) is 35.7 Å². The number of aromatic nitrogens is 3. The van der Waals surface area contributed by atoms with E-state index in [4.69, 9.17) is 0 Å². The largest absolute Gasteiger partial charge is 0.419 e. The zero-order valence-corrected chi connectivity index (χ0v) is 18.2. The molecular weight excluding hydrogens is 424 g/mol. The highest BCUT2D eigenvalue weighted by Gasteiger charge is 2.35. The molecule has 1 saturated heterocycles. The van der Waals surface area contributed by atoms with E-state index in [9.17, 15) is 17.6 Å². The van der Waals surface area contributed by atoms with Gasteiger partial charge in [-0.3, -0.25) is 0 Å². The van der Waals surface area contributed by atoms with Gasteiger partial charge in [-0.15, -0.1) is 5.10 Å². The first kappa shape index (κ1) is 22.2. The third-order valence-electron chi connectivity index (χ3n) is 5.90. The Morgan fingerprint density at radius 1 is 1.16 bits per heavy atom. The average molecular weight is 448 g/mol. The molecule has 3 aromatic rings. The second-order valence-corrected chi connectivity index (χ2v) is 8.32. The summed E-state index contributed by atoms with van der Waals surface area (Å²) in [4.78, 5) is 8.84. The van der Waals surface area contributed by atoms with Gasteiger partial charge in [0.2, 0.25) is 0 Å². The second-order valence-electron chi connectivity index (χ2n) is 8.32. The number of likely N-dealkylation sites (N-methyl/N-ethyl adjacent to an activating group) is 1. The normalized spacial score (nSPS) is 15.8. The zero-order chi connectivity index (χ0) is 23.2. The lowest BCUT2D eigenvalue weighted by Gasteiger charge is -2.43. The maximum absolute atomic E-state index is 14.6. The highest BCUT2D eigenvalue weighted by atomic mass is 19.4. The van der Waals surface area contributed by atoms with Gasteiger partial charge in [-0.25, -0.2) is 9.37 Å².